The van der Waals surface area contributed by atoms with E-state index in [1.807, 2.05) is 107 Å². The number of phenols is 2. The minimum atomic E-state index is -2.04. The van der Waals surface area contributed by atoms with Crippen LogP contribution in [0.2, 0.25) is 0 Å². The summed E-state index contributed by atoms with van der Waals surface area (Å²) in [6.45, 7) is 29.0. The SMILES string of the molecule is CCCCCCCCCCCCC(CS)(CCCCCCCCCCCC)OC(=O)C(Cc1cc(C(C)(C)C)c(O)c(C(C)(C)C)c1)(Cc1cc(C(C)(C)C)c(O)c(C(C)(C)C)c1)C(=O)O. The second-order valence-corrected chi connectivity index (χ2v) is 24.7. The van der Waals surface area contributed by atoms with Crippen molar-refractivity contribution < 1.29 is 29.6 Å². The van der Waals surface area contributed by atoms with Crippen molar-refractivity contribution in [3.63, 3.8) is 0 Å². The van der Waals surface area contributed by atoms with E-state index in [-0.39, 0.29) is 24.3 Å². The third-order valence-corrected chi connectivity index (χ3v) is 14.5. The van der Waals surface area contributed by atoms with E-state index in [9.17, 15) is 20.1 Å². The minimum absolute atomic E-state index is 0.136. The van der Waals surface area contributed by atoms with Crippen molar-refractivity contribution in [2.75, 3.05) is 5.75 Å². The summed E-state index contributed by atoms with van der Waals surface area (Å²) in [5, 5.41) is 35.1. The van der Waals surface area contributed by atoms with Gasteiger partial charge in [-0.2, -0.15) is 12.6 Å². The van der Waals surface area contributed by atoms with E-state index >= 15 is 4.79 Å². The normalized spacial score (nSPS) is 13.1. The van der Waals surface area contributed by atoms with Crippen molar-refractivity contribution in [1.82, 2.24) is 0 Å². The Balaban J connectivity index is 2.75. The van der Waals surface area contributed by atoms with Crippen LogP contribution in [0.1, 0.15) is 272 Å². The Bertz CT molecular complexity index is 1590. The first kappa shape index (κ1) is 59.5. The van der Waals surface area contributed by atoms with Crippen LogP contribution in [-0.4, -0.2) is 38.6 Å². The second kappa shape index (κ2) is 26.9. The number of ether oxygens (including phenoxy) is 1. The lowest BCUT2D eigenvalue weighted by molar-refractivity contribution is -0.180. The van der Waals surface area contributed by atoms with Crippen LogP contribution in [0.15, 0.2) is 24.3 Å². The highest BCUT2D eigenvalue weighted by atomic mass is 32.1. The first-order valence-electron chi connectivity index (χ1n) is 26.5. The average Bonchev–Trinajstić information content (AvgIpc) is 3.21. The topological polar surface area (TPSA) is 104 Å². The molecule has 0 aliphatic rings. The number of phenolic OH excluding ortho intramolecular Hbond substituents is 2. The maximum absolute atomic E-state index is 15.6. The zero-order valence-corrected chi connectivity index (χ0v) is 45.9. The standard InChI is InChI=1S/C59H100O6S/c1-15-17-19-21-23-25-27-29-31-33-35-58(43-66,36-34-32-30-28-26-24-22-20-18-16-2)65-53(64)59(52(62)63,41-44-37-46(54(3,4)5)50(60)47(38-44)55(6,7)8)42-45-39-48(56(9,10)11)51(61)49(40-45)57(12,13)14/h37-40,60-61,66H,15-36,41-43H2,1-14H3,(H,62,63). The van der Waals surface area contributed by atoms with E-state index in [4.69, 9.17) is 17.4 Å². The Morgan fingerprint density at radius 3 is 0.955 bits per heavy atom. The van der Waals surface area contributed by atoms with Crippen LogP contribution < -0.4 is 0 Å². The molecule has 0 saturated carbocycles. The van der Waals surface area contributed by atoms with Crippen LogP contribution in [0.4, 0.5) is 0 Å². The molecular weight excluding hydrogens is 837 g/mol. The molecule has 3 N–H and O–H groups in total. The first-order chi connectivity index (χ1) is 30.7. The Morgan fingerprint density at radius 1 is 0.470 bits per heavy atom. The number of unbranched alkanes of at least 4 members (excludes halogenated alkanes) is 18. The highest BCUT2D eigenvalue weighted by molar-refractivity contribution is 7.80. The Labute approximate surface area is 411 Å². The van der Waals surface area contributed by atoms with Crippen LogP contribution in [0.5, 0.6) is 11.5 Å². The molecule has 0 aliphatic heterocycles. The van der Waals surface area contributed by atoms with Gasteiger partial charge in [0.2, 0.25) is 0 Å². The molecule has 0 amide bonds. The van der Waals surface area contributed by atoms with Gasteiger partial charge in [-0.1, -0.05) is 237 Å². The molecule has 378 valence electrons. The van der Waals surface area contributed by atoms with E-state index < -0.39 is 44.6 Å². The van der Waals surface area contributed by atoms with Gasteiger partial charge in [-0.15, -0.1) is 0 Å². The van der Waals surface area contributed by atoms with E-state index in [1.54, 1.807) is 0 Å². The maximum atomic E-state index is 15.6. The lowest BCUT2D eigenvalue weighted by Crippen LogP contribution is -2.49. The number of carboxylic acid groups (broad SMARTS) is 1. The smallest absolute Gasteiger partial charge is 0.324 e. The lowest BCUT2D eigenvalue weighted by Gasteiger charge is -2.38. The highest BCUT2D eigenvalue weighted by Gasteiger charge is 2.51. The number of aliphatic carboxylic acids is 1. The van der Waals surface area contributed by atoms with Crippen molar-refractivity contribution in [3.05, 3.63) is 57.6 Å². The van der Waals surface area contributed by atoms with Gasteiger partial charge in [0, 0.05) is 5.75 Å². The van der Waals surface area contributed by atoms with Crippen molar-refractivity contribution in [2.24, 2.45) is 5.41 Å². The Morgan fingerprint density at radius 2 is 0.727 bits per heavy atom. The molecule has 0 aliphatic carbocycles. The second-order valence-electron chi connectivity index (χ2n) is 24.4. The van der Waals surface area contributed by atoms with Crippen LogP contribution in [0.25, 0.3) is 0 Å². The third kappa shape index (κ3) is 18.7. The van der Waals surface area contributed by atoms with E-state index in [0.717, 1.165) is 38.5 Å². The van der Waals surface area contributed by atoms with Crippen molar-refractivity contribution in [3.8, 4) is 11.5 Å². The number of carboxylic acids is 1. The number of carbonyl (C=O) groups excluding carboxylic acids is 1. The number of benzene rings is 2. The predicted octanol–water partition coefficient (Wildman–Crippen LogP) is 17.0. The zero-order valence-electron chi connectivity index (χ0n) is 45.0. The van der Waals surface area contributed by atoms with Crippen LogP contribution >= 0.6 is 12.6 Å². The van der Waals surface area contributed by atoms with E-state index in [1.165, 1.54) is 89.9 Å². The molecule has 0 aromatic heterocycles. The van der Waals surface area contributed by atoms with Gasteiger partial charge in [-0.05, 0) is 93.6 Å². The van der Waals surface area contributed by atoms with Crippen LogP contribution in [-0.2, 0) is 48.8 Å². The molecule has 2 aromatic rings. The van der Waals surface area contributed by atoms with E-state index in [0.29, 0.717) is 52.0 Å². The fraction of sp³-hybridized carbons (Fsp3) is 0.763. The summed E-state index contributed by atoms with van der Waals surface area (Å²) in [6.07, 6.45) is 24.8. The van der Waals surface area contributed by atoms with Gasteiger partial charge in [0.1, 0.15) is 17.1 Å². The summed E-state index contributed by atoms with van der Waals surface area (Å²) in [5.74, 6) is -1.27. The van der Waals surface area contributed by atoms with Crippen LogP contribution in [0, 0.1) is 5.41 Å². The van der Waals surface area contributed by atoms with Crippen molar-refractivity contribution in [2.45, 2.75) is 278 Å². The maximum Gasteiger partial charge on any atom is 0.324 e. The summed E-state index contributed by atoms with van der Waals surface area (Å²) < 4.78 is 6.87. The summed E-state index contributed by atoms with van der Waals surface area (Å²) in [6, 6.07) is 7.58. The third-order valence-electron chi connectivity index (χ3n) is 14.0. The Kier molecular flexibility index (Phi) is 24.2. The van der Waals surface area contributed by atoms with Crippen LogP contribution in [0.3, 0.4) is 0 Å². The van der Waals surface area contributed by atoms with Crippen molar-refractivity contribution >= 4 is 24.6 Å². The number of hydrogen-bond donors (Lipinski definition) is 4. The number of thiol groups is 1. The van der Waals surface area contributed by atoms with Gasteiger partial charge < -0.3 is 20.1 Å². The largest absolute Gasteiger partial charge is 0.507 e. The lowest BCUT2D eigenvalue weighted by atomic mass is 9.71. The molecule has 0 fully saturated rings. The van der Waals surface area contributed by atoms with E-state index in [2.05, 4.69) is 13.8 Å². The summed E-state index contributed by atoms with van der Waals surface area (Å²) in [5.41, 5.74) is -0.651. The fourth-order valence-electron chi connectivity index (χ4n) is 9.60. The zero-order chi connectivity index (χ0) is 50.0. The fourth-order valence-corrected chi connectivity index (χ4v) is 9.98. The van der Waals surface area contributed by atoms with Gasteiger partial charge in [-0.25, -0.2) is 0 Å². The molecule has 7 heteroatoms. The summed E-state index contributed by atoms with van der Waals surface area (Å²) in [7, 11) is 0. The molecule has 2 rings (SSSR count). The molecule has 0 spiro atoms. The molecular formula is C59H100O6S. The quantitative estimate of drug-likeness (QED) is 0.0269. The minimum Gasteiger partial charge on any atom is -0.507 e. The highest BCUT2D eigenvalue weighted by Crippen LogP contribution is 2.45. The predicted molar refractivity (Wildman–Crippen MR) is 284 cm³/mol. The summed E-state index contributed by atoms with van der Waals surface area (Å²) >= 11 is 4.94. The number of aromatic hydroxyl groups is 2. The van der Waals surface area contributed by atoms with Gasteiger partial charge in [0.05, 0.1) is 0 Å². The first-order valence-corrected chi connectivity index (χ1v) is 27.1. The molecule has 0 atom stereocenters. The molecule has 0 radical (unpaired) electrons. The molecule has 66 heavy (non-hydrogen) atoms. The molecule has 0 unspecified atom stereocenters. The summed E-state index contributed by atoms with van der Waals surface area (Å²) in [4.78, 5) is 30.0. The molecule has 2 aromatic carbocycles. The van der Waals surface area contributed by atoms with Gasteiger partial charge in [0.25, 0.3) is 0 Å². The Hall–Kier alpha value is -2.67. The van der Waals surface area contributed by atoms with Crippen molar-refractivity contribution in [1.29, 1.82) is 0 Å². The average molecular weight is 938 g/mol. The number of hydrogen-bond acceptors (Lipinski definition) is 6. The number of carbonyl (C=O) groups is 2. The molecule has 0 heterocycles. The van der Waals surface area contributed by atoms with Gasteiger partial charge >= 0.3 is 11.9 Å². The number of rotatable bonds is 30. The molecule has 6 nitrogen and oxygen atoms in total. The molecule has 0 bridgehead atoms. The number of esters is 1. The van der Waals surface area contributed by atoms with Gasteiger partial charge in [0.15, 0.2) is 5.41 Å². The monoisotopic (exact) mass is 937 g/mol. The van der Waals surface area contributed by atoms with Gasteiger partial charge in [-0.3, -0.25) is 9.59 Å². The molecule has 0 saturated heterocycles.